The lowest BCUT2D eigenvalue weighted by Crippen LogP contribution is -2.23. The Hall–Kier alpha value is -0.770. The quantitative estimate of drug-likeness (QED) is 0.808. The van der Waals surface area contributed by atoms with E-state index < -0.39 is 12.1 Å². The van der Waals surface area contributed by atoms with Crippen LogP contribution in [0.25, 0.3) is 0 Å². The normalized spacial score (nSPS) is 14.9. The van der Waals surface area contributed by atoms with Gasteiger partial charge in [0.2, 0.25) is 0 Å². The van der Waals surface area contributed by atoms with Gasteiger partial charge in [-0.15, -0.1) is 0 Å². The van der Waals surface area contributed by atoms with Crippen LogP contribution in [-0.2, 0) is 0 Å². The summed E-state index contributed by atoms with van der Waals surface area (Å²) in [6.45, 7) is 1.64. The van der Waals surface area contributed by atoms with E-state index in [-0.39, 0.29) is 0 Å². The highest BCUT2D eigenvalue weighted by Crippen LogP contribution is 2.28. The Kier molecular flexibility index (Phi) is 3.75. The van der Waals surface area contributed by atoms with Crippen molar-refractivity contribution in [2.24, 2.45) is 5.73 Å². The predicted molar refractivity (Wildman–Crippen MR) is 56.6 cm³/mol. The third-order valence-corrected chi connectivity index (χ3v) is 2.31. The Labute approximate surface area is 88.4 Å². The highest BCUT2D eigenvalue weighted by molar-refractivity contribution is 6.30. The van der Waals surface area contributed by atoms with Crippen LogP contribution < -0.4 is 10.5 Å². The summed E-state index contributed by atoms with van der Waals surface area (Å²) in [6.07, 6.45) is -0.620. The highest BCUT2D eigenvalue weighted by Gasteiger charge is 2.16. The van der Waals surface area contributed by atoms with E-state index in [1.54, 1.807) is 32.2 Å². The van der Waals surface area contributed by atoms with Gasteiger partial charge in [-0.1, -0.05) is 17.7 Å². The first kappa shape index (κ1) is 11.3. The van der Waals surface area contributed by atoms with Gasteiger partial charge in [-0.05, 0) is 19.1 Å². The first-order valence-electron chi connectivity index (χ1n) is 4.33. The Morgan fingerprint density at radius 3 is 2.64 bits per heavy atom. The van der Waals surface area contributed by atoms with Crippen LogP contribution in [0.15, 0.2) is 18.2 Å². The summed E-state index contributed by atoms with van der Waals surface area (Å²) >= 11 is 5.80. The molecule has 0 aromatic heterocycles. The molecule has 0 amide bonds. The van der Waals surface area contributed by atoms with Crippen molar-refractivity contribution < 1.29 is 9.84 Å². The topological polar surface area (TPSA) is 55.5 Å². The number of hydrogen-bond acceptors (Lipinski definition) is 3. The van der Waals surface area contributed by atoms with Gasteiger partial charge in [-0.2, -0.15) is 0 Å². The smallest absolute Gasteiger partial charge is 0.125 e. The number of aliphatic hydroxyl groups is 1. The largest absolute Gasteiger partial charge is 0.496 e. The summed E-state index contributed by atoms with van der Waals surface area (Å²) in [5.41, 5.74) is 6.55. The molecule has 0 saturated heterocycles. The van der Waals surface area contributed by atoms with Gasteiger partial charge >= 0.3 is 0 Å². The summed E-state index contributed by atoms with van der Waals surface area (Å²) in [5, 5.41) is 9.94. The molecule has 78 valence electrons. The zero-order valence-electron chi connectivity index (χ0n) is 8.20. The first-order chi connectivity index (χ1) is 6.56. The Bertz CT molecular complexity index is 315. The zero-order chi connectivity index (χ0) is 10.7. The van der Waals surface area contributed by atoms with Crippen molar-refractivity contribution in [3.8, 4) is 5.75 Å². The molecule has 0 aliphatic rings. The van der Waals surface area contributed by atoms with Crippen molar-refractivity contribution in [2.45, 2.75) is 19.1 Å². The average molecular weight is 216 g/mol. The number of hydrogen-bond donors (Lipinski definition) is 2. The van der Waals surface area contributed by atoms with Crippen molar-refractivity contribution in [1.29, 1.82) is 0 Å². The molecule has 3 N–H and O–H groups in total. The molecule has 0 saturated carbocycles. The molecule has 0 aliphatic carbocycles. The number of aliphatic hydroxyl groups excluding tert-OH is 1. The van der Waals surface area contributed by atoms with Crippen LogP contribution >= 0.6 is 11.6 Å². The molecular weight excluding hydrogens is 202 g/mol. The average Bonchev–Trinajstić information content (AvgIpc) is 2.16. The fourth-order valence-electron chi connectivity index (χ4n) is 1.22. The molecule has 0 unspecified atom stereocenters. The third-order valence-electron chi connectivity index (χ3n) is 2.07. The molecule has 2 atom stereocenters. The minimum absolute atomic E-state index is 0.456. The number of ether oxygens (including phenoxy) is 1. The summed E-state index contributed by atoms with van der Waals surface area (Å²) in [4.78, 5) is 0. The third kappa shape index (κ3) is 2.38. The maximum atomic E-state index is 9.35. The van der Waals surface area contributed by atoms with E-state index in [1.807, 2.05) is 0 Å². The minimum Gasteiger partial charge on any atom is -0.496 e. The van der Waals surface area contributed by atoms with Crippen LogP contribution in [0.1, 0.15) is 18.5 Å². The molecule has 0 heterocycles. The van der Waals surface area contributed by atoms with Crippen molar-refractivity contribution in [3.63, 3.8) is 0 Å². The van der Waals surface area contributed by atoms with E-state index in [9.17, 15) is 5.11 Å². The first-order valence-corrected chi connectivity index (χ1v) is 4.71. The maximum Gasteiger partial charge on any atom is 0.125 e. The number of halogens is 1. The van der Waals surface area contributed by atoms with E-state index in [2.05, 4.69) is 0 Å². The number of rotatable bonds is 3. The standard InChI is InChI=1S/C10H14ClNO2/c1-6(13)10(12)8-4-3-7(11)5-9(8)14-2/h3-6,10,13H,12H2,1-2H3/t6-,10-/m1/s1. The highest BCUT2D eigenvalue weighted by atomic mass is 35.5. The van der Waals surface area contributed by atoms with Crippen LogP contribution in [0.3, 0.4) is 0 Å². The van der Waals surface area contributed by atoms with Crippen LogP contribution in [0.4, 0.5) is 0 Å². The molecule has 1 rings (SSSR count). The van der Waals surface area contributed by atoms with Gasteiger partial charge in [0, 0.05) is 10.6 Å². The maximum absolute atomic E-state index is 9.35. The Morgan fingerprint density at radius 1 is 1.50 bits per heavy atom. The summed E-state index contributed by atoms with van der Waals surface area (Å²) in [7, 11) is 1.55. The Morgan fingerprint density at radius 2 is 2.14 bits per heavy atom. The van der Waals surface area contributed by atoms with Gasteiger partial charge in [0.25, 0.3) is 0 Å². The van der Waals surface area contributed by atoms with E-state index >= 15 is 0 Å². The van der Waals surface area contributed by atoms with Crippen LogP contribution in [0, 0.1) is 0 Å². The summed E-state index contributed by atoms with van der Waals surface area (Å²) in [6, 6.07) is 4.71. The van der Waals surface area contributed by atoms with E-state index in [1.165, 1.54) is 0 Å². The number of nitrogens with two attached hydrogens (primary N) is 1. The molecule has 0 spiro atoms. The van der Waals surface area contributed by atoms with Crippen LogP contribution in [0.5, 0.6) is 5.75 Å². The van der Waals surface area contributed by atoms with Gasteiger partial charge in [-0.25, -0.2) is 0 Å². The number of benzene rings is 1. The zero-order valence-corrected chi connectivity index (χ0v) is 8.95. The molecule has 4 heteroatoms. The molecule has 0 bridgehead atoms. The van der Waals surface area contributed by atoms with Gasteiger partial charge in [0.05, 0.1) is 19.3 Å². The molecule has 0 fully saturated rings. The van der Waals surface area contributed by atoms with Crippen LogP contribution in [0.2, 0.25) is 5.02 Å². The summed E-state index contributed by atoms with van der Waals surface area (Å²) in [5.74, 6) is 0.603. The molecule has 1 aromatic rings. The molecule has 1 aromatic carbocycles. The van der Waals surface area contributed by atoms with E-state index in [0.717, 1.165) is 5.56 Å². The monoisotopic (exact) mass is 215 g/mol. The van der Waals surface area contributed by atoms with Crippen molar-refractivity contribution in [3.05, 3.63) is 28.8 Å². The molecule has 14 heavy (non-hydrogen) atoms. The fourth-order valence-corrected chi connectivity index (χ4v) is 1.38. The molecule has 0 aliphatic heterocycles. The van der Waals surface area contributed by atoms with Crippen LogP contribution in [-0.4, -0.2) is 18.3 Å². The molecular formula is C10H14ClNO2. The molecule has 0 radical (unpaired) electrons. The van der Waals surface area contributed by atoms with Gasteiger partial charge < -0.3 is 15.6 Å². The lowest BCUT2D eigenvalue weighted by atomic mass is 10.0. The van der Waals surface area contributed by atoms with Crippen molar-refractivity contribution in [1.82, 2.24) is 0 Å². The SMILES string of the molecule is COc1cc(Cl)ccc1[C@H](N)[C@@H](C)O. The van der Waals surface area contributed by atoms with Gasteiger partial charge in [-0.3, -0.25) is 0 Å². The predicted octanol–water partition coefficient (Wildman–Crippen LogP) is 1.73. The molecule has 3 nitrogen and oxygen atoms in total. The summed E-state index contributed by atoms with van der Waals surface area (Å²) < 4.78 is 5.12. The second-order valence-corrected chi connectivity index (χ2v) is 3.59. The van der Waals surface area contributed by atoms with E-state index in [0.29, 0.717) is 10.8 Å². The minimum atomic E-state index is -0.620. The Balaban J connectivity index is 3.07. The van der Waals surface area contributed by atoms with Crippen molar-refractivity contribution in [2.75, 3.05) is 7.11 Å². The second-order valence-electron chi connectivity index (χ2n) is 3.15. The lowest BCUT2D eigenvalue weighted by Gasteiger charge is -2.18. The second kappa shape index (κ2) is 4.64. The van der Waals surface area contributed by atoms with E-state index in [4.69, 9.17) is 22.1 Å². The van der Waals surface area contributed by atoms with Gasteiger partial charge in [0.1, 0.15) is 5.75 Å². The number of methoxy groups -OCH3 is 1. The lowest BCUT2D eigenvalue weighted by molar-refractivity contribution is 0.162. The fraction of sp³-hybridized carbons (Fsp3) is 0.400. The van der Waals surface area contributed by atoms with Crippen molar-refractivity contribution >= 4 is 11.6 Å². The van der Waals surface area contributed by atoms with Gasteiger partial charge in [0.15, 0.2) is 0 Å².